The molecule has 21 heavy (non-hydrogen) atoms. The lowest BCUT2D eigenvalue weighted by molar-refractivity contribution is 0.340. The van der Waals surface area contributed by atoms with Crippen LogP contribution in [-0.4, -0.2) is 13.6 Å². The lowest BCUT2D eigenvalue weighted by atomic mass is 9.79. The molecule has 0 fully saturated rings. The van der Waals surface area contributed by atoms with Crippen LogP contribution < -0.4 is 10.2 Å². The van der Waals surface area contributed by atoms with Crippen molar-refractivity contribution in [1.82, 2.24) is 0 Å². The van der Waals surface area contributed by atoms with E-state index in [0.717, 1.165) is 23.4 Å². The van der Waals surface area contributed by atoms with E-state index in [4.69, 9.17) is 16.3 Å². The molecule has 2 aromatic carbocycles. The summed E-state index contributed by atoms with van der Waals surface area (Å²) in [4.78, 5) is 0. The fraction of sp³-hybridized carbons (Fsp3) is 0.200. The summed E-state index contributed by atoms with van der Waals surface area (Å²) < 4.78 is 43.7. The minimum atomic E-state index is -5.01. The molecule has 0 aliphatic rings. The summed E-state index contributed by atoms with van der Waals surface area (Å²) >= 11 is 5.99. The van der Waals surface area contributed by atoms with Gasteiger partial charge in [-0.15, -0.1) is 5.46 Å². The summed E-state index contributed by atoms with van der Waals surface area (Å²) in [5, 5.41) is 0.340. The van der Waals surface area contributed by atoms with Crippen LogP contribution in [0.5, 0.6) is 5.75 Å². The molecule has 1 nitrogen and oxygen atoms in total. The predicted octanol–water partition coefficient (Wildman–Crippen LogP) is 4.38. The van der Waals surface area contributed by atoms with Crippen molar-refractivity contribution in [1.29, 1.82) is 0 Å². The maximum atomic E-state index is 12.8. The topological polar surface area (TPSA) is 9.23 Å². The van der Waals surface area contributed by atoms with Gasteiger partial charge >= 0.3 is 6.98 Å². The molecule has 0 aliphatic carbocycles. The highest BCUT2D eigenvalue weighted by Crippen LogP contribution is 2.22. The van der Waals surface area contributed by atoms with Gasteiger partial charge in [0.2, 0.25) is 0 Å². The van der Waals surface area contributed by atoms with Gasteiger partial charge in [0.1, 0.15) is 5.75 Å². The second-order valence-electron chi connectivity index (χ2n) is 4.68. The first-order valence-corrected chi connectivity index (χ1v) is 6.98. The fourth-order valence-electron chi connectivity index (χ4n) is 2.02. The molecule has 0 heterocycles. The smallest absolute Gasteiger partial charge is 0.494 e. The lowest BCUT2D eigenvalue weighted by Crippen LogP contribution is -2.34. The molecule has 6 heteroatoms. The van der Waals surface area contributed by atoms with E-state index < -0.39 is 12.4 Å². The van der Waals surface area contributed by atoms with Crippen LogP contribution >= 0.6 is 11.6 Å². The lowest BCUT2D eigenvalue weighted by Gasteiger charge is -2.17. The van der Waals surface area contributed by atoms with Gasteiger partial charge in [-0.1, -0.05) is 35.9 Å². The van der Waals surface area contributed by atoms with Crippen molar-refractivity contribution in [3.8, 4) is 5.75 Å². The highest BCUT2D eigenvalue weighted by atomic mass is 35.5. The molecule has 0 bridgehead atoms. The van der Waals surface area contributed by atoms with Crippen LogP contribution in [0.1, 0.15) is 18.1 Å². The van der Waals surface area contributed by atoms with E-state index in [9.17, 15) is 12.9 Å². The highest BCUT2D eigenvalue weighted by molar-refractivity contribution is 6.73. The molecule has 0 atom stereocenters. The first-order valence-electron chi connectivity index (χ1n) is 6.60. The average molecular weight is 314 g/mol. The van der Waals surface area contributed by atoms with E-state index in [0.29, 0.717) is 23.6 Å². The monoisotopic (exact) mass is 313 g/mol. The van der Waals surface area contributed by atoms with Crippen molar-refractivity contribution < 1.29 is 17.7 Å². The summed E-state index contributed by atoms with van der Waals surface area (Å²) in [6.45, 7) is -2.55. The minimum Gasteiger partial charge on any atom is -0.494 e. The Hall–Kier alpha value is -1.62. The summed E-state index contributed by atoms with van der Waals surface area (Å²) in [5.74, 6) is 0.736. The summed E-state index contributed by atoms with van der Waals surface area (Å²) in [7, 11) is 0. The van der Waals surface area contributed by atoms with Crippen LogP contribution in [0.4, 0.5) is 12.9 Å². The molecule has 0 aliphatic heterocycles. The van der Waals surface area contributed by atoms with Gasteiger partial charge in [-0.3, -0.25) is 0 Å². The van der Waals surface area contributed by atoms with Gasteiger partial charge in [-0.05, 0) is 42.7 Å². The first kappa shape index (κ1) is 15.8. The van der Waals surface area contributed by atoms with Gasteiger partial charge in [-0.25, -0.2) is 0 Å². The minimum absolute atomic E-state index is 0.340. The van der Waals surface area contributed by atoms with E-state index >= 15 is 0 Å². The molecular weight excluding hydrogens is 299 g/mol. The maximum Gasteiger partial charge on any atom is 0.509 e. The Morgan fingerprint density at radius 2 is 1.71 bits per heavy atom. The fourth-order valence-corrected chi connectivity index (χ4v) is 2.21. The van der Waals surface area contributed by atoms with E-state index in [2.05, 4.69) is 0 Å². The second-order valence-corrected chi connectivity index (χ2v) is 5.09. The molecule has 0 spiro atoms. The van der Waals surface area contributed by atoms with E-state index in [-0.39, 0.29) is 0 Å². The van der Waals surface area contributed by atoms with Gasteiger partial charge in [0.15, 0.2) is 0 Å². The second kappa shape index (κ2) is 6.44. The van der Waals surface area contributed by atoms with Gasteiger partial charge < -0.3 is 17.7 Å². The number of halogens is 4. The maximum absolute atomic E-state index is 12.8. The molecule has 0 unspecified atom stereocenters. The Balaban J connectivity index is 2.22. The van der Waals surface area contributed by atoms with Crippen LogP contribution in [0.3, 0.4) is 0 Å². The van der Waals surface area contributed by atoms with Crippen molar-refractivity contribution >= 4 is 24.0 Å². The number of hydrogen-bond donors (Lipinski definition) is 0. The molecule has 0 aromatic heterocycles. The zero-order valence-electron chi connectivity index (χ0n) is 11.5. The molecule has 112 valence electrons. The van der Waals surface area contributed by atoms with E-state index in [1.54, 1.807) is 12.1 Å². The summed E-state index contributed by atoms with van der Waals surface area (Å²) in [6.07, 6.45) is 0.352. The standard InChI is InChI=1S/C15H14BClF3O/c1-2-21-14-6-3-11(4-7-14)9-12-10-13(16(18,19)20)5-8-15(12)17/h3-8,10H,2,9H2,1H3/q-1. The third-order valence-electron chi connectivity index (χ3n) is 3.08. The van der Waals surface area contributed by atoms with Gasteiger partial charge in [0, 0.05) is 5.02 Å². The Kier molecular flexibility index (Phi) is 4.83. The largest absolute Gasteiger partial charge is 0.509 e. The summed E-state index contributed by atoms with van der Waals surface area (Å²) in [5.41, 5.74) is 0.727. The van der Waals surface area contributed by atoms with Gasteiger partial charge in [0.05, 0.1) is 6.61 Å². The SMILES string of the molecule is CCOc1ccc(Cc2cc([B-](F)(F)F)ccc2Cl)cc1. The number of rotatable bonds is 5. The Morgan fingerprint density at radius 3 is 2.29 bits per heavy atom. The molecule has 0 saturated heterocycles. The van der Waals surface area contributed by atoms with Gasteiger partial charge in [-0.2, -0.15) is 0 Å². The zero-order chi connectivity index (χ0) is 15.5. The van der Waals surface area contributed by atoms with Crippen LogP contribution in [0, 0.1) is 0 Å². The summed E-state index contributed by atoms with van der Waals surface area (Å²) in [6, 6.07) is 10.7. The van der Waals surface area contributed by atoms with Crippen molar-refractivity contribution in [2.75, 3.05) is 6.61 Å². The quantitative estimate of drug-likeness (QED) is 0.744. The molecule has 0 radical (unpaired) electrons. The van der Waals surface area contributed by atoms with Crippen molar-refractivity contribution in [2.24, 2.45) is 0 Å². The Bertz CT molecular complexity index is 611. The normalized spacial score (nSPS) is 11.5. The number of ether oxygens (including phenoxy) is 1. The van der Waals surface area contributed by atoms with E-state index in [1.807, 2.05) is 19.1 Å². The van der Waals surface area contributed by atoms with Crippen molar-refractivity contribution in [3.63, 3.8) is 0 Å². The van der Waals surface area contributed by atoms with Crippen LogP contribution in [-0.2, 0) is 6.42 Å². The van der Waals surface area contributed by atoms with E-state index in [1.165, 1.54) is 6.07 Å². The average Bonchev–Trinajstić information content (AvgIpc) is 2.42. The molecule has 0 amide bonds. The predicted molar refractivity (Wildman–Crippen MR) is 80.6 cm³/mol. The highest BCUT2D eigenvalue weighted by Gasteiger charge is 2.25. The van der Waals surface area contributed by atoms with Crippen LogP contribution in [0.2, 0.25) is 5.02 Å². The number of benzene rings is 2. The Labute approximate surface area is 126 Å². The van der Waals surface area contributed by atoms with Crippen molar-refractivity contribution in [3.05, 3.63) is 58.6 Å². The zero-order valence-corrected chi connectivity index (χ0v) is 12.2. The molecule has 2 rings (SSSR count). The molecule has 0 saturated carbocycles. The van der Waals surface area contributed by atoms with Crippen LogP contribution in [0.25, 0.3) is 0 Å². The molecule has 0 N–H and O–H groups in total. The number of hydrogen-bond acceptors (Lipinski definition) is 1. The third kappa shape index (κ3) is 4.17. The van der Waals surface area contributed by atoms with Gasteiger partial charge in [0.25, 0.3) is 0 Å². The van der Waals surface area contributed by atoms with Crippen molar-refractivity contribution in [2.45, 2.75) is 13.3 Å². The molecular formula is C15H14BClF3O-. The molecule has 2 aromatic rings. The first-order chi connectivity index (χ1) is 9.90. The Morgan fingerprint density at radius 1 is 1.05 bits per heavy atom. The van der Waals surface area contributed by atoms with Crippen LogP contribution in [0.15, 0.2) is 42.5 Å². The third-order valence-corrected chi connectivity index (χ3v) is 3.45.